The molecule has 0 amide bonds. The Bertz CT molecular complexity index is 323. The van der Waals surface area contributed by atoms with E-state index < -0.39 is 5.97 Å². The number of carbonyl (C=O) groups is 1. The summed E-state index contributed by atoms with van der Waals surface area (Å²) in [4.78, 5) is 10.4. The van der Waals surface area contributed by atoms with Crippen LogP contribution in [-0.4, -0.2) is 26.1 Å². The summed E-state index contributed by atoms with van der Waals surface area (Å²) in [6.07, 6.45) is 7.21. The van der Waals surface area contributed by atoms with Crippen LogP contribution in [0.15, 0.2) is 6.20 Å². The van der Waals surface area contributed by atoms with Crippen molar-refractivity contribution in [1.82, 2.24) is 15.0 Å². The van der Waals surface area contributed by atoms with E-state index in [1.54, 1.807) is 4.68 Å². The Morgan fingerprint density at radius 3 is 2.94 bits per heavy atom. The van der Waals surface area contributed by atoms with Gasteiger partial charge < -0.3 is 5.11 Å². The van der Waals surface area contributed by atoms with Gasteiger partial charge in [-0.05, 0) is 6.42 Å². The highest BCUT2D eigenvalue weighted by Crippen LogP contribution is 2.03. The topological polar surface area (TPSA) is 68.0 Å². The summed E-state index contributed by atoms with van der Waals surface area (Å²) in [6.45, 7) is 3.06. The normalized spacial score (nSPS) is 10.6. The fourth-order valence-corrected chi connectivity index (χ4v) is 1.50. The first-order valence-electron chi connectivity index (χ1n) is 5.83. The van der Waals surface area contributed by atoms with Crippen molar-refractivity contribution in [2.75, 3.05) is 0 Å². The lowest BCUT2D eigenvalue weighted by atomic mass is 10.2. The number of aryl methyl sites for hydroxylation is 2. The highest BCUT2D eigenvalue weighted by Gasteiger charge is 2.03. The molecule has 0 spiro atoms. The average Bonchev–Trinajstić information content (AvgIpc) is 2.70. The van der Waals surface area contributed by atoms with E-state index in [1.165, 1.54) is 19.3 Å². The molecule has 16 heavy (non-hydrogen) atoms. The van der Waals surface area contributed by atoms with Crippen molar-refractivity contribution in [3.05, 3.63) is 11.9 Å². The molecule has 0 aromatic carbocycles. The van der Waals surface area contributed by atoms with Crippen molar-refractivity contribution in [2.24, 2.45) is 0 Å². The minimum Gasteiger partial charge on any atom is -0.481 e. The zero-order valence-electron chi connectivity index (χ0n) is 9.72. The lowest BCUT2D eigenvalue weighted by molar-refractivity contribution is -0.136. The van der Waals surface area contributed by atoms with Gasteiger partial charge in [-0.15, -0.1) is 5.10 Å². The van der Waals surface area contributed by atoms with Gasteiger partial charge in [-0.1, -0.05) is 31.4 Å². The van der Waals surface area contributed by atoms with Crippen molar-refractivity contribution in [3.63, 3.8) is 0 Å². The van der Waals surface area contributed by atoms with Crippen LogP contribution in [0.1, 0.15) is 44.7 Å². The molecule has 0 saturated carbocycles. The molecule has 0 aliphatic rings. The number of hydrogen-bond donors (Lipinski definition) is 1. The first kappa shape index (κ1) is 12.7. The number of aliphatic carboxylic acids is 1. The van der Waals surface area contributed by atoms with Crippen LogP contribution in [0, 0.1) is 0 Å². The Morgan fingerprint density at radius 2 is 2.25 bits per heavy atom. The molecule has 1 aromatic rings. The Morgan fingerprint density at radius 1 is 1.44 bits per heavy atom. The monoisotopic (exact) mass is 225 g/mol. The third kappa shape index (κ3) is 4.91. The maximum absolute atomic E-state index is 10.4. The van der Waals surface area contributed by atoms with E-state index in [9.17, 15) is 4.79 Å². The van der Waals surface area contributed by atoms with Crippen LogP contribution in [0.3, 0.4) is 0 Å². The number of carboxylic acid groups (broad SMARTS) is 1. The average molecular weight is 225 g/mol. The van der Waals surface area contributed by atoms with Gasteiger partial charge in [-0.2, -0.15) is 0 Å². The summed E-state index contributed by atoms with van der Waals surface area (Å²) >= 11 is 0. The second-order valence-electron chi connectivity index (χ2n) is 3.93. The number of unbranched alkanes of at least 4 members (excludes halogenated alkanes) is 3. The third-order valence-corrected chi connectivity index (χ3v) is 2.42. The summed E-state index contributed by atoms with van der Waals surface area (Å²) in [6, 6.07) is 0. The highest BCUT2D eigenvalue weighted by atomic mass is 16.4. The Kier molecular flexibility index (Phi) is 5.53. The smallest absolute Gasteiger partial charge is 0.303 e. The molecule has 1 rings (SSSR count). The van der Waals surface area contributed by atoms with E-state index in [0.717, 1.165) is 18.7 Å². The Hall–Kier alpha value is -1.39. The summed E-state index contributed by atoms with van der Waals surface area (Å²) < 4.78 is 1.80. The van der Waals surface area contributed by atoms with E-state index in [-0.39, 0.29) is 6.42 Å². The second-order valence-corrected chi connectivity index (χ2v) is 3.93. The molecule has 0 radical (unpaired) electrons. The third-order valence-electron chi connectivity index (χ3n) is 2.42. The van der Waals surface area contributed by atoms with E-state index in [4.69, 9.17) is 5.11 Å². The number of hydrogen-bond acceptors (Lipinski definition) is 3. The van der Waals surface area contributed by atoms with Gasteiger partial charge >= 0.3 is 5.97 Å². The molecule has 0 fully saturated rings. The fraction of sp³-hybridized carbons (Fsp3) is 0.727. The Labute approximate surface area is 95.5 Å². The molecule has 5 heteroatoms. The predicted molar refractivity (Wildman–Crippen MR) is 60.1 cm³/mol. The molecule has 0 saturated heterocycles. The summed E-state index contributed by atoms with van der Waals surface area (Å²) in [5, 5.41) is 16.4. The van der Waals surface area contributed by atoms with Crippen LogP contribution in [0.5, 0.6) is 0 Å². The number of carboxylic acids is 1. The Balaban J connectivity index is 2.25. The van der Waals surface area contributed by atoms with Crippen molar-refractivity contribution >= 4 is 5.97 Å². The molecule has 0 atom stereocenters. The minimum atomic E-state index is -0.794. The molecule has 0 aliphatic heterocycles. The summed E-state index contributed by atoms with van der Waals surface area (Å²) in [7, 11) is 0. The summed E-state index contributed by atoms with van der Waals surface area (Å²) in [5.41, 5.74) is 0.762. The number of aromatic nitrogens is 3. The van der Waals surface area contributed by atoms with Gasteiger partial charge in [-0.25, -0.2) is 0 Å². The summed E-state index contributed by atoms with van der Waals surface area (Å²) in [5.74, 6) is -0.794. The van der Waals surface area contributed by atoms with Gasteiger partial charge in [0.25, 0.3) is 0 Å². The molecule has 5 nitrogen and oxygen atoms in total. The van der Waals surface area contributed by atoms with E-state index in [0.29, 0.717) is 6.42 Å². The van der Waals surface area contributed by atoms with Gasteiger partial charge in [0.15, 0.2) is 0 Å². The van der Waals surface area contributed by atoms with E-state index >= 15 is 0 Å². The maximum atomic E-state index is 10.4. The second kappa shape index (κ2) is 6.98. The fourth-order valence-electron chi connectivity index (χ4n) is 1.50. The molecular weight excluding hydrogens is 206 g/mol. The minimum absolute atomic E-state index is 0.120. The number of nitrogens with zero attached hydrogens (tertiary/aromatic N) is 3. The molecule has 1 aromatic heterocycles. The first-order valence-corrected chi connectivity index (χ1v) is 5.83. The van der Waals surface area contributed by atoms with Crippen LogP contribution in [0.4, 0.5) is 0 Å². The van der Waals surface area contributed by atoms with Gasteiger partial charge in [0, 0.05) is 19.2 Å². The van der Waals surface area contributed by atoms with Gasteiger partial charge in [0.2, 0.25) is 0 Å². The zero-order valence-corrected chi connectivity index (χ0v) is 9.72. The zero-order chi connectivity index (χ0) is 11.8. The molecular formula is C11H19N3O2. The van der Waals surface area contributed by atoms with Crippen LogP contribution < -0.4 is 0 Å². The quantitative estimate of drug-likeness (QED) is 0.686. The number of rotatable bonds is 8. The highest BCUT2D eigenvalue weighted by molar-refractivity contribution is 5.66. The first-order chi connectivity index (χ1) is 7.72. The molecule has 0 unspecified atom stereocenters. The molecule has 1 heterocycles. The van der Waals surface area contributed by atoms with Gasteiger partial charge in [0.1, 0.15) is 0 Å². The van der Waals surface area contributed by atoms with Crippen LogP contribution >= 0.6 is 0 Å². The SMILES string of the molecule is CCCCCCn1cc(CCC(=O)O)nn1. The molecule has 90 valence electrons. The van der Waals surface area contributed by atoms with Crippen LogP contribution in [0.25, 0.3) is 0 Å². The van der Waals surface area contributed by atoms with E-state index in [1.807, 2.05) is 6.20 Å². The van der Waals surface area contributed by atoms with Gasteiger partial charge in [-0.3, -0.25) is 9.48 Å². The van der Waals surface area contributed by atoms with Crippen molar-refractivity contribution in [1.29, 1.82) is 0 Å². The largest absolute Gasteiger partial charge is 0.481 e. The van der Waals surface area contributed by atoms with Gasteiger partial charge in [0.05, 0.1) is 12.1 Å². The van der Waals surface area contributed by atoms with Crippen LogP contribution in [0.2, 0.25) is 0 Å². The lowest BCUT2D eigenvalue weighted by Crippen LogP contribution is -1.98. The van der Waals surface area contributed by atoms with Crippen LogP contribution in [-0.2, 0) is 17.8 Å². The lowest BCUT2D eigenvalue weighted by Gasteiger charge is -1.98. The van der Waals surface area contributed by atoms with E-state index in [2.05, 4.69) is 17.2 Å². The van der Waals surface area contributed by atoms with Crippen molar-refractivity contribution in [2.45, 2.75) is 52.0 Å². The maximum Gasteiger partial charge on any atom is 0.303 e. The van der Waals surface area contributed by atoms with Crippen molar-refractivity contribution < 1.29 is 9.90 Å². The standard InChI is InChI=1S/C11H19N3O2/c1-2-3-4-5-8-14-9-10(12-13-14)6-7-11(15)16/h9H,2-8H2,1H3,(H,15,16). The molecule has 0 bridgehead atoms. The molecule has 1 N–H and O–H groups in total. The molecule has 0 aliphatic carbocycles. The predicted octanol–water partition coefficient (Wildman–Crippen LogP) is 1.88. The van der Waals surface area contributed by atoms with Crippen molar-refractivity contribution in [3.8, 4) is 0 Å².